The number of rotatable bonds is 6. The van der Waals surface area contributed by atoms with Crippen LogP contribution in [0.2, 0.25) is 0 Å². The van der Waals surface area contributed by atoms with E-state index in [4.69, 9.17) is 5.73 Å². The molecule has 1 rings (SSSR count). The number of nitrogens with zero attached hydrogens (tertiary/aromatic N) is 2. The topological polar surface area (TPSA) is 41.6 Å². The molecular formula is C13H25N3. The van der Waals surface area contributed by atoms with E-state index in [2.05, 4.69) is 37.2 Å². The molecule has 1 heterocycles. The monoisotopic (exact) mass is 223 g/mol. The molecule has 0 amide bonds. The Hall–Kier alpha value is -0.990. The van der Waals surface area contributed by atoms with Gasteiger partial charge in [-0.1, -0.05) is 33.3 Å². The van der Waals surface area contributed by atoms with Crippen LogP contribution in [0.15, 0.2) is 17.6 Å². The Labute approximate surface area is 99.4 Å². The van der Waals surface area contributed by atoms with Gasteiger partial charge in [0.15, 0.2) is 5.96 Å². The Morgan fingerprint density at radius 3 is 2.81 bits per heavy atom. The third-order valence-corrected chi connectivity index (χ3v) is 3.78. The summed E-state index contributed by atoms with van der Waals surface area (Å²) in [6.07, 6.45) is 5.38. The lowest BCUT2D eigenvalue weighted by Gasteiger charge is -2.40. The van der Waals surface area contributed by atoms with Gasteiger partial charge in [-0.25, -0.2) is 0 Å². The fourth-order valence-corrected chi connectivity index (χ4v) is 2.47. The third-order valence-electron chi connectivity index (χ3n) is 3.78. The Balaban J connectivity index is 2.82. The van der Waals surface area contributed by atoms with Crippen molar-refractivity contribution >= 4 is 5.96 Å². The molecule has 2 atom stereocenters. The first-order chi connectivity index (χ1) is 7.59. The molecule has 92 valence electrons. The Morgan fingerprint density at radius 1 is 1.62 bits per heavy atom. The predicted molar refractivity (Wildman–Crippen MR) is 70.5 cm³/mol. The van der Waals surface area contributed by atoms with Crippen LogP contribution in [0.5, 0.6) is 0 Å². The highest BCUT2D eigenvalue weighted by Crippen LogP contribution is 2.32. The van der Waals surface area contributed by atoms with Crippen LogP contribution in [0.25, 0.3) is 0 Å². The second-order valence-corrected chi connectivity index (χ2v) is 4.87. The fourth-order valence-electron chi connectivity index (χ4n) is 2.47. The van der Waals surface area contributed by atoms with Crippen molar-refractivity contribution in [3.05, 3.63) is 12.7 Å². The van der Waals surface area contributed by atoms with Gasteiger partial charge in [-0.3, -0.25) is 4.99 Å². The molecule has 0 aromatic rings. The first-order valence-electron chi connectivity index (χ1n) is 6.28. The lowest BCUT2D eigenvalue weighted by Crippen LogP contribution is -2.52. The molecule has 0 bridgehead atoms. The Morgan fingerprint density at radius 2 is 2.31 bits per heavy atom. The van der Waals surface area contributed by atoms with Gasteiger partial charge < -0.3 is 10.6 Å². The van der Waals surface area contributed by atoms with E-state index in [-0.39, 0.29) is 5.54 Å². The van der Waals surface area contributed by atoms with E-state index in [1.165, 1.54) is 6.42 Å². The van der Waals surface area contributed by atoms with Crippen molar-refractivity contribution in [3.8, 4) is 0 Å². The summed E-state index contributed by atoms with van der Waals surface area (Å²) in [4.78, 5) is 6.65. The minimum Gasteiger partial charge on any atom is -0.370 e. The van der Waals surface area contributed by atoms with Crippen molar-refractivity contribution in [3.63, 3.8) is 0 Å². The average Bonchev–Trinajstić information content (AvgIpc) is 2.59. The maximum atomic E-state index is 5.96. The number of hydrogen-bond donors (Lipinski definition) is 1. The van der Waals surface area contributed by atoms with E-state index in [1.54, 1.807) is 0 Å². The van der Waals surface area contributed by atoms with Crippen LogP contribution in [0.3, 0.4) is 0 Å². The van der Waals surface area contributed by atoms with Crippen LogP contribution >= 0.6 is 0 Å². The Kier molecular flexibility index (Phi) is 4.39. The highest BCUT2D eigenvalue weighted by molar-refractivity contribution is 5.81. The SMILES string of the molecule is C=CCN1C(N)=NCC1(CC)CC(C)CC. The normalized spacial score (nSPS) is 26.7. The smallest absolute Gasteiger partial charge is 0.192 e. The molecule has 2 N–H and O–H groups in total. The number of aliphatic imine (C=N–C) groups is 1. The molecule has 3 heteroatoms. The van der Waals surface area contributed by atoms with E-state index in [0.717, 1.165) is 25.9 Å². The molecular weight excluding hydrogens is 198 g/mol. The van der Waals surface area contributed by atoms with Crippen LogP contribution in [0.4, 0.5) is 0 Å². The second kappa shape index (κ2) is 5.37. The molecule has 0 saturated heterocycles. The highest BCUT2D eigenvalue weighted by atomic mass is 15.4. The molecule has 1 aliphatic heterocycles. The van der Waals surface area contributed by atoms with E-state index in [0.29, 0.717) is 11.9 Å². The van der Waals surface area contributed by atoms with E-state index < -0.39 is 0 Å². The van der Waals surface area contributed by atoms with Crippen LogP contribution in [0, 0.1) is 5.92 Å². The summed E-state index contributed by atoms with van der Waals surface area (Å²) in [6, 6.07) is 0. The van der Waals surface area contributed by atoms with Gasteiger partial charge in [-0.05, 0) is 18.8 Å². The van der Waals surface area contributed by atoms with E-state index >= 15 is 0 Å². The number of hydrogen-bond acceptors (Lipinski definition) is 3. The van der Waals surface area contributed by atoms with Gasteiger partial charge in [0.25, 0.3) is 0 Å². The summed E-state index contributed by atoms with van der Waals surface area (Å²) in [7, 11) is 0. The summed E-state index contributed by atoms with van der Waals surface area (Å²) >= 11 is 0. The fraction of sp³-hybridized carbons (Fsp3) is 0.769. The minimum absolute atomic E-state index is 0.133. The summed E-state index contributed by atoms with van der Waals surface area (Å²) in [5, 5.41) is 0. The standard InChI is InChI=1S/C13H25N3/c1-5-8-16-12(14)15-10-13(16,7-3)9-11(4)6-2/h5,11H,1,6-10H2,2-4H3,(H2,14,15). The van der Waals surface area contributed by atoms with Crippen molar-refractivity contribution in [1.82, 2.24) is 4.90 Å². The molecule has 2 unspecified atom stereocenters. The zero-order chi connectivity index (χ0) is 12.2. The predicted octanol–water partition coefficient (Wildman–Crippen LogP) is 2.39. The molecule has 0 aromatic heterocycles. The zero-order valence-electron chi connectivity index (χ0n) is 10.9. The lowest BCUT2D eigenvalue weighted by molar-refractivity contribution is 0.166. The van der Waals surface area contributed by atoms with E-state index in [1.807, 2.05) is 6.08 Å². The van der Waals surface area contributed by atoms with Crippen LogP contribution in [-0.4, -0.2) is 29.5 Å². The van der Waals surface area contributed by atoms with Crippen LogP contribution < -0.4 is 5.73 Å². The van der Waals surface area contributed by atoms with Crippen molar-refractivity contribution in [1.29, 1.82) is 0 Å². The highest BCUT2D eigenvalue weighted by Gasteiger charge is 2.40. The van der Waals surface area contributed by atoms with Gasteiger partial charge in [0.2, 0.25) is 0 Å². The third kappa shape index (κ3) is 2.39. The molecule has 0 aromatic carbocycles. The molecule has 0 radical (unpaired) electrons. The second-order valence-electron chi connectivity index (χ2n) is 4.87. The van der Waals surface area contributed by atoms with Gasteiger partial charge in [0.1, 0.15) is 0 Å². The maximum absolute atomic E-state index is 5.96. The van der Waals surface area contributed by atoms with Gasteiger partial charge in [0, 0.05) is 6.54 Å². The molecule has 1 aliphatic rings. The molecule has 0 fully saturated rings. The summed E-state index contributed by atoms with van der Waals surface area (Å²) in [6.45, 7) is 12.2. The average molecular weight is 223 g/mol. The Bertz CT molecular complexity index is 272. The summed E-state index contributed by atoms with van der Waals surface area (Å²) in [5.41, 5.74) is 6.09. The molecule has 16 heavy (non-hydrogen) atoms. The van der Waals surface area contributed by atoms with Crippen molar-refractivity contribution in [2.45, 2.75) is 45.6 Å². The van der Waals surface area contributed by atoms with E-state index in [9.17, 15) is 0 Å². The minimum atomic E-state index is 0.133. The molecule has 0 saturated carbocycles. The zero-order valence-corrected chi connectivity index (χ0v) is 10.9. The number of nitrogens with two attached hydrogens (primary N) is 1. The quantitative estimate of drug-likeness (QED) is 0.702. The molecule has 3 nitrogen and oxygen atoms in total. The van der Waals surface area contributed by atoms with Crippen molar-refractivity contribution in [2.75, 3.05) is 13.1 Å². The van der Waals surface area contributed by atoms with Gasteiger partial charge in [-0.2, -0.15) is 0 Å². The summed E-state index contributed by atoms with van der Waals surface area (Å²) < 4.78 is 0. The van der Waals surface area contributed by atoms with Crippen molar-refractivity contribution < 1.29 is 0 Å². The van der Waals surface area contributed by atoms with Gasteiger partial charge in [-0.15, -0.1) is 6.58 Å². The maximum Gasteiger partial charge on any atom is 0.192 e. The van der Waals surface area contributed by atoms with Crippen LogP contribution in [-0.2, 0) is 0 Å². The van der Waals surface area contributed by atoms with Gasteiger partial charge >= 0.3 is 0 Å². The number of guanidine groups is 1. The molecule has 0 spiro atoms. The molecule has 0 aliphatic carbocycles. The van der Waals surface area contributed by atoms with Gasteiger partial charge in [0.05, 0.1) is 12.1 Å². The van der Waals surface area contributed by atoms with Crippen molar-refractivity contribution in [2.24, 2.45) is 16.6 Å². The first-order valence-corrected chi connectivity index (χ1v) is 6.28. The van der Waals surface area contributed by atoms with Crippen LogP contribution in [0.1, 0.15) is 40.0 Å². The summed E-state index contributed by atoms with van der Waals surface area (Å²) in [5.74, 6) is 1.40. The lowest BCUT2D eigenvalue weighted by atomic mass is 9.84. The largest absolute Gasteiger partial charge is 0.370 e. The first kappa shape index (κ1) is 13.1.